The number of rotatable bonds is 3. The van der Waals surface area contributed by atoms with Crippen molar-refractivity contribution in [1.82, 2.24) is 24.3 Å². The number of carbonyl (C=O) groups is 1. The number of fused-ring (bicyclic) bond motifs is 1. The first-order chi connectivity index (χ1) is 13.5. The Kier molecular flexibility index (Phi) is 5.44. The van der Waals surface area contributed by atoms with Crippen molar-refractivity contribution in [2.45, 2.75) is 18.9 Å². The summed E-state index contributed by atoms with van der Waals surface area (Å²) in [5.41, 5.74) is 2.28. The summed E-state index contributed by atoms with van der Waals surface area (Å²) in [6.07, 6.45) is 1.96. The zero-order valence-electron chi connectivity index (χ0n) is 16.7. The fraction of sp³-hybridized carbons (Fsp3) is 0.632. The van der Waals surface area contributed by atoms with Crippen molar-refractivity contribution >= 4 is 34.4 Å². The van der Waals surface area contributed by atoms with Gasteiger partial charge in [0, 0.05) is 45.3 Å². The Hall–Kier alpha value is -1.90. The van der Waals surface area contributed by atoms with E-state index in [4.69, 9.17) is 21.3 Å². The average Bonchev–Trinajstić information content (AvgIpc) is 3.04. The molecule has 0 radical (unpaired) electrons. The normalized spacial score (nSPS) is 19.0. The van der Waals surface area contributed by atoms with E-state index in [1.165, 1.54) is 0 Å². The Bertz CT molecular complexity index is 869. The second-order valence-electron chi connectivity index (χ2n) is 7.72. The largest absolute Gasteiger partial charge is 0.378 e. The van der Waals surface area contributed by atoms with Crippen LogP contribution >= 0.6 is 11.6 Å². The van der Waals surface area contributed by atoms with Crippen LogP contribution in [0.25, 0.3) is 11.2 Å². The summed E-state index contributed by atoms with van der Waals surface area (Å²) < 4.78 is 7.22. The van der Waals surface area contributed by atoms with Crippen LogP contribution in [0.15, 0.2) is 6.07 Å². The van der Waals surface area contributed by atoms with Crippen LogP contribution in [0.3, 0.4) is 0 Å². The number of hydrogen-bond acceptors (Lipinski definition) is 6. The lowest BCUT2D eigenvalue weighted by Crippen LogP contribution is -2.45. The van der Waals surface area contributed by atoms with Gasteiger partial charge in [0.05, 0.1) is 18.9 Å². The zero-order chi connectivity index (χ0) is 19.8. The third-order valence-electron chi connectivity index (χ3n) is 5.80. The van der Waals surface area contributed by atoms with Gasteiger partial charge in [-0.3, -0.25) is 4.79 Å². The van der Waals surface area contributed by atoms with Crippen molar-refractivity contribution in [3.8, 4) is 0 Å². The van der Waals surface area contributed by atoms with Gasteiger partial charge in [0.25, 0.3) is 5.91 Å². The quantitative estimate of drug-likeness (QED) is 0.722. The molecule has 0 aromatic carbocycles. The second-order valence-corrected chi connectivity index (χ2v) is 8.10. The number of aryl methyl sites for hydroxylation is 1. The van der Waals surface area contributed by atoms with Crippen molar-refractivity contribution in [3.63, 3.8) is 0 Å². The number of carbonyl (C=O) groups excluding carboxylic acids is 1. The van der Waals surface area contributed by atoms with E-state index >= 15 is 0 Å². The Balaban J connectivity index is 1.65. The maximum atomic E-state index is 13.2. The third-order valence-corrected chi connectivity index (χ3v) is 5.99. The van der Waals surface area contributed by atoms with Gasteiger partial charge in [0.1, 0.15) is 10.7 Å². The molecule has 152 valence electrons. The molecule has 0 unspecified atom stereocenters. The molecule has 9 heteroatoms. The van der Waals surface area contributed by atoms with Gasteiger partial charge in [-0.25, -0.2) is 9.97 Å². The van der Waals surface area contributed by atoms with Crippen molar-refractivity contribution in [2.24, 2.45) is 7.05 Å². The molecule has 2 aliphatic heterocycles. The molecule has 0 bridgehead atoms. The Labute approximate surface area is 170 Å². The van der Waals surface area contributed by atoms with Gasteiger partial charge in [0.2, 0.25) is 5.82 Å². The molecule has 0 aliphatic carbocycles. The number of amides is 1. The lowest BCUT2D eigenvalue weighted by molar-refractivity contribution is 0.0648. The van der Waals surface area contributed by atoms with Crippen LogP contribution in [0.1, 0.15) is 23.5 Å². The van der Waals surface area contributed by atoms with Crippen LogP contribution < -0.4 is 4.90 Å². The first-order valence-corrected chi connectivity index (χ1v) is 10.1. The number of aromatic nitrogens is 3. The standard InChI is InChI=1S/C19H27ClN6O2/c1-23(2)13-4-6-26(7-5-13)19(27)18-22-16-14(25-8-10-28-11-9-25)12-15(20)21-17(16)24(18)3/h12-13H,4-11H2,1-3H3. The van der Waals surface area contributed by atoms with E-state index in [0.717, 1.165) is 50.2 Å². The highest BCUT2D eigenvalue weighted by atomic mass is 35.5. The van der Waals surface area contributed by atoms with Crippen LogP contribution in [0.2, 0.25) is 5.15 Å². The minimum absolute atomic E-state index is 0.0400. The van der Waals surface area contributed by atoms with E-state index in [1.54, 1.807) is 4.57 Å². The van der Waals surface area contributed by atoms with Crippen molar-refractivity contribution in [1.29, 1.82) is 0 Å². The van der Waals surface area contributed by atoms with Gasteiger partial charge >= 0.3 is 0 Å². The van der Waals surface area contributed by atoms with Gasteiger partial charge in [-0.2, -0.15) is 0 Å². The smallest absolute Gasteiger partial charge is 0.289 e. The molecule has 2 fully saturated rings. The molecule has 8 nitrogen and oxygen atoms in total. The average molecular weight is 407 g/mol. The lowest BCUT2D eigenvalue weighted by Gasteiger charge is -2.34. The highest BCUT2D eigenvalue weighted by Gasteiger charge is 2.29. The number of likely N-dealkylation sites (tertiary alicyclic amines) is 1. The number of pyridine rings is 1. The number of anilines is 1. The van der Waals surface area contributed by atoms with E-state index in [1.807, 2.05) is 18.0 Å². The van der Waals surface area contributed by atoms with Crippen molar-refractivity contribution in [3.05, 3.63) is 17.0 Å². The molecular weight excluding hydrogens is 380 g/mol. The minimum atomic E-state index is -0.0400. The lowest BCUT2D eigenvalue weighted by atomic mass is 10.0. The molecule has 0 atom stereocenters. The zero-order valence-corrected chi connectivity index (χ0v) is 17.4. The fourth-order valence-corrected chi connectivity index (χ4v) is 4.25. The summed E-state index contributed by atoms with van der Waals surface area (Å²) in [7, 11) is 6.02. The number of morpholine rings is 1. The minimum Gasteiger partial charge on any atom is -0.378 e. The highest BCUT2D eigenvalue weighted by Crippen LogP contribution is 2.30. The van der Waals surface area contributed by atoms with Crippen LogP contribution in [-0.2, 0) is 11.8 Å². The molecular formula is C19H27ClN6O2. The third kappa shape index (κ3) is 3.56. The number of ether oxygens (including phenoxy) is 1. The van der Waals surface area contributed by atoms with E-state index < -0.39 is 0 Å². The first-order valence-electron chi connectivity index (χ1n) is 9.77. The molecule has 28 heavy (non-hydrogen) atoms. The summed E-state index contributed by atoms with van der Waals surface area (Å²) in [5.74, 6) is 0.379. The summed E-state index contributed by atoms with van der Waals surface area (Å²) in [6, 6.07) is 2.36. The Morgan fingerprint density at radius 2 is 1.86 bits per heavy atom. The molecule has 4 heterocycles. The predicted octanol–water partition coefficient (Wildman–Crippen LogP) is 1.62. The molecule has 2 aliphatic rings. The second kappa shape index (κ2) is 7.85. The van der Waals surface area contributed by atoms with Crippen LogP contribution in [0.5, 0.6) is 0 Å². The predicted molar refractivity (Wildman–Crippen MR) is 109 cm³/mol. The molecule has 2 aromatic heterocycles. The number of halogens is 1. The van der Waals surface area contributed by atoms with Gasteiger partial charge in [0.15, 0.2) is 5.65 Å². The van der Waals surface area contributed by atoms with E-state index in [9.17, 15) is 4.79 Å². The monoisotopic (exact) mass is 406 g/mol. The van der Waals surface area contributed by atoms with Crippen LogP contribution in [0, 0.1) is 0 Å². The number of nitrogens with zero attached hydrogens (tertiary/aromatic N) is 6. The fourth-order valence-electron chi connectivity index (χ4n) is 4.07. The van der Waals surface area contributed by atoms with Crippen molar-refractivity contribution < 1.29 is 9.53 Å². The van der Waals surface area contributed by atoms with Crippen LogP contribution in [0.4, 0.5) is 5.69 Å². The van der Waals surface area contributed by atoms with E-state index in [2.05, 4.69) is 28.9 Å². The van der Waals surface area contributed by atoms with Gasteiger partial charge in [-0.05, 0) is 26.9 Å². The van der Waals surface area contributed by atoms with Crippen LogP contribution in [-0.4, -0.2) is 89.8 Å². The molecule has 2 aromatic rings. The van der Waals surface area contributed by atoms with Crippen molar-refractivity contribution in [2.75, 3.05) is 58.4 Å². The summed E-state index contributed by atoms with van der Waals surface area (Å²) >= 11 is 6.29. The summed E-state index contributed by atoms with van der Waals surface area (Å²) in [4.78, 5) is 28.7. The number of imidazole rings is 1. The van der Waals surface area contributed by atoms with E-state index in [0.29, 0.717) is 35.9 Å². The maximum absolute atomic E-state index is 13.2. The van der Waals surface area contributed by atoms with Gasteiger partial charge < -0.3 is 24.0 Å². The Morgan fingerprint density at radius 1 is 1.18 bits per heavy atom. The molecule has 2 saturated heterocycles. The first kappa shape index (κ1) is 19.4. The molecule has 0 N–H and O–H groups in total. The molecule has 0 spiro atoms. The summed E-state index contributed by atoms with van der Waals surface area (Å²) in [6.45, 7) is 4.37. The molecule has 1 amide bonds. The van der Waals surface area contributed by atoms with E-state index in [-0.39, 0.29) is 5.91 Å². The van der Waals surface area contributed by atoms with Gasteiger partial charge in [-0.1, -0.05) is 11.6 Å². The Morgan fingerprint density at radius 3 is 2.50 bits per heavy atom. The maximum Gasteiger partial charge on any atom is 0.289 e. The summed E-state index contributed by atoms with van der Waals surface area (Å²) in [5, 5.41) is 0.405. The highest BCUT2D eigenvalue weighted by molar-refractivity contribution is 6.30. The number of piperidine rings is 1. The topological polar surface area (TPSA) is 66.7 Å². The van der Waals surface area contributed by atoms with Gasteiger partial charge in [-0.15, -0.1) is 0 Å². The SMILES string of the molecule is CN(C)C1CCN(C(=O)c2nc3c(N4CCOCC4)cc(Cl)nc3n2C)CC1. The molecule has 4 rings (SSSR count). The molecule has 0 saturated carbocycles. The number of hydrogen-bond donors (Lipinski definition) is 0.